The Morgan fingerprint density at radius 3 is 2.19 bits per heavy atom. The molecule has 0 bridgehead atoms. The van der Waals surface area contributed by atoms with Crippen LogP contribution in [-0.4, -0.2) is 55.4 Å². The highest BCUT2D eigenvalue weighted by Crippen LogP contribution is 2.45. The van der Waals surface area contributed by atoms with Gasteiger partial charge in [0.25, 0.3) is 5.91 Å². The van der Waals surface area contributed by atoms with Gasteiger partial charge in [-0.1, -0.05) is 0 Å². The molecular weight excluding hydrogens is 645 g/mol. The first-order chi connectivity index (χ1) is 22.6. The SMILES string of the molecule is CNC(=O)c1c(-c2ccc(F)cc2)oc2cc(CN(Cc3cc(C(=O)O)c(B4OC(C)(C)C(C)(C)O4)cc3F)S(=O)O)c(C3CC3)cc12. The van der Waals surface area contributed by atoms with Crippen LogP contribution in [0.1, 0.15) is 83.9 Å². The molecule has 1 aromatic heterocycles. The number of benzene rings is 3. The Balaban J connectivity index is 1.37. The molecule has 14 heteroatoms. The van der Waals surface area contributed by atoms with E-state index in [1.165, 1.54) is 31.3 Å². The van der Waals surface area contributed by atoms with Crippen molar-refractivity contribution in [2.45, 2.75) is 70.7 Å². The van der Waals surface area contributed by atoms with Gasteiger partial charge < -0.3 is 24.1 Å². The summed E-state index contributed by atoms with van der Waals surface area (Å²) in [6, 6.07) is 11.3. The van der Waals surface area contributed by atoms with Gasteiger partial charge in [-0.15, -0.1) is 0 Å². The lowest BCUT2D eigenvalue weighted by Gasteiger charge is -2.32. The first-order valence-corrected chi connectivity index (χ1v) is 16.5. The minimum absolute atomic E-state index is 0.00207. The molecule has 252 valence electrons. The summed E-state index contributed by atoms with van der Waals surface area (Å²) in [4.78, 5) is 25.4. The van der Waals surface area contributed by atoms with Crippen molar-refractivity contribution < 1.29 is 46.0 Å². The molecule has 1 unspecified atom stereocenters. The normalized spacial score (nSPS) is 17.6. The summed E-state index contributed by atoms with van der Waals surface area (Å²) in [7, 11) is 0.366. The van der Waals surface area contributed by atoms with Crippen LogP contribution in [0.2, 0.25) is 0 Å². The molecule has 2 fully saturated rings. The number of nitrogens with zero attached hydrogens (tertiary/aromatic N) is 1. The Bertz CT molecular complexity index is 1940. The van der Waals surface area contributed by atoms with E-state index in [2.05, 4.69) is 5.32 Å². The van der Waals surface area contributed by atoms with Crippen molar-refractivity contribution in [3.8, 4) is 11.3 Å². The zero-order valence-electron chi connectivity index (χ0n) is 27.1. The number of carbonyl (C=O) groups is 2. The number of aromatic carboxylic acids is 1. The Hall–Kier alpha value is -3.95. The lowest BCUT2D eigenvalue weighted by atomic mass is 9.75. The van der Waals surface area contributed by atoms with E-state index in [1.807, 2.05) is 6.07 Å². The van der Waals surface area contributed by atoms with Crippen LogP contribution in [0.3, 0.4) is 0 Å². The highest BCUT2D eigenvalue weighted by Gasteiger charge is 2.52. The summed E-state index contributed by atoms with van der Waals surface area (Å²) in [6.45, 7) is 6.67. The molecule has 1 saturated heterocycles. The van der Waals surface area contributed by atoms with E-state index in [0.717, 1.165) is 34.8 Å². The number of halogens is 2. The van der Waals surface area contributed by atoms with Crippen LogP contribution in [-0.2, 0) is 33.7 Å². The molecule has 1 atom stereocenters. The van der Waals surface area contributed by atoms with Gasteiger partial charge in [-0.3, -0.25) is 9.35 Å². The number of carboxylic acid groups (broad SMARTS) is 1. The largest absolute Gasteiger partial charge is 0.495 e. The standard InChI is InChI=1S/C34H35BF2N2O8S/c1-33(2)34(3,4)47-35(46-33)26-15-27(37)21(12-24(26)32(41)42)17-39(48(43)44)16-20-13-28-25(14-23(20)18-6-7-18)29(31(40)38-5)30(45-28)19-8-10-22(36)11-9-19/h8-15,18H,6-7,16-17H2,1-5H3,(H,38,40)(H,41,42)(H,43,44). The first-order valence-electron chi connectivity index (χ1n) is 15.4. The number of rotatable bonds is 10. The molecule has 2 aliphatic rings. The van der Waals surface area contributed by atoms with Gasteiger partial charge in [0.1, 0.15) is 23.0 Å². The Kier molecular flexibility index (Phi) is 8.84. The monoisotopic (exact) mass is 680 g/mol. The third-order valence-electron chi connectivity index (χ3n) is 9.40. The fraction of sp³-hybridized carbons (Fsp3) is 0.353. The van der Waals surface area contributed by atoms with Gasteiger partial charge in [0.15, 0.2) is 0 Å². The molecule has 0 radical (unpaired) electrons. The lowest BCUT2D eigenvalue weighted by Crippen LogP contribution is -2.41. The Labute approximate surface area is 279 Å². The highest BCUT2D eigenvalue weighted by molar-refractivity contribution is 7.76. The molecule has 0 spiro atoms. The number of hydrogen-bond acceptors (Lipinski definition) is 6. The lowest BCUT2D eigenvalue weighted by molar-refractivity contribution is 0.00578. The van der Waals surface area contributed by atoms with Crippen LogP contribution in [0.15, 0.2) is 52.9 Å². The molecule has 48 heavy (non-hydrogen) atoms. The molecular formula is C34H35BF2N2O8S. The number of carboxylic acids is 1. The zero-order valence-corrected chi connectivity index (χ0v) is 27.9. The van der Waals surface area contributed by atoms with Crippen LogP contribution >= 0.6 is 0 Å². The van der Waals surface area contributed by atoms with Gasteiger partial charge in [-0.05, 0) is 112 Å². The number of fused-ring (bicyclic) bond motifs is 1. The maximum absolute atomic E-state index is 15.7. The maximum atomic E-state index is 15.7. The summed E-state index contributed by atoms with van der Waals surface area (Å²) in [5.74, 6) is -2.58. The summed E-state index contributed by atoms with van der Waals surface area (Å²) >= 11 is -2.59. The molecule has 1 aliphatic carbocycles. The highest BCUT2D eigenvalue weighted by atomic mass is 32.2. The van der Waals surface area contributed by atoms with E-state index in [1.54, 1.807) is 33.8 Å². The van der Waals surface area contributed by atoms with Crippen LogP contribution < -0.4 is 10.8 Å². The number of hydrogen-bond donors (Lipinski definition) is 3. The number of carbonyl (C=O) groups excluding carboxylic acids is 1. The van der Waals surface area contributed by atoms with E-state index in [-0.39, 0.29) is 40.4 Å². The molecule has 3 aromatic carbocycles. The van der Waals surface area contributed by atoms with E-state index >= 15 is 4.39 Å². The Morgan fingerprint density at radius 2 is 1.62 bits per heavy atom. The quantitative estimate of drug-likeness (QED) is 0.142. The molecule has 2 heterocycles. The van der Waals surface area contributed by atoms with Gasteiger partial charge in [-0.25, -0.2) is 17.8 Å². The molecule has 3 N–H and O–H groups in total. The molecule has 4 aromatic rings. The van der Waals surface area contributed by atoms with Crippen LogP contribution in [0.25, 0.3) is 22.3 Å². The minimum atomic E-state index is -2.59. The van der Waals surface area contributed by atoms with Gasteiger partial charge >= 0.3 is 13.1 Å². The van der Waals surface area contributed by atoms with Crippen molar-refractivity contribution >= 4 is 46.7 Å². The minimum Gasteiger partial charge on any atom is -0.478 e. The average Bonchev–Trinajstić information content (AvgIpc) is 3.75. The number of amides is 1. The van der Waals surface area contributed by atoms with Crippen LogP contribution in [0.5, 0.6) is 0 Å². The fourth-order valence-electron chi connectivity index (χ4n) is 5.92. The van der Waals surface area contributed by atoms with Gasteiger partial charge in [0.2, 0.25) is 11.3 Å². The molecule has 1 aliphatic heterocycles. The number of furan rings is 1. The second-order valence-electron chi connectivity index (χ2n) is 13.2. The number of nitrogens with one attached hydrogen (secondary N) is 1. The second-order valence-corrected chi connectivity index (χ2v) is 14.1. The molecule has 1 saturated carbocycles. The summed E-state index contributed by atoms with van der Waals surface area (Å²) in [5.41, 5.74) is 0.643. The van der Waals surface area contributed by atoms with Crippen LogP contribution in [0.4, 0.5) is 8.78 Å². The van der Waals surface area contributed by atoms with E-state index in [9.17, 15) is 27.8 Å². The molecule has 1 amide bonds. The maximum Gasteiger partial charge on any atom is 0.495 e. The zero-order chi connectivity index (χ0) is 34.7. The smallest absolute Gasteiger partial charge is 0.478 e. The first kappa shape index (κ1) is 33.9. The Morgan fingerprint density at radius 1 is 1.00 bits per heavy atom. The van der Waals surface area contributed by atoms with Crippen molar-refractivity contribution in [2.24, 2.45) is 0 Å². The van der Waals surface area contributed by atoms with Crippen molar-refractivity contribution in [1.29, 1.82) is 0 Å². The van der Waals surface area contributed by atoms with E-state index in [4.69, 9.17) is 13.7 Å². The van der Waals surface area contributed by atoms with Gasteiger partial charge in [0, 0.05) is 36.7 Å². The van der Waals surface area contributed by atoms with Crippen LogP contribution in [0, 0.1) is 11.6 Å². The predicted octanol–water partition coefficient (Wildman–Crippen LogP) is 5.75. The predicted molar refractivity (Wildman–Crippen MR) is 176 cm³/mol. The summed E-state index contributed by atoms with van der Waals surface area (Å²) < 4.78 is 71.6. The third-order valence-corrected chi connectivity index (χ3v) is 10.1. The van der Waals surface area contributed by atoms with Crippen molar-refractivity contribution in [3.63, 3.8) is 0 Å². The third kappa shape index (κ3) is 6.30. The van der Waals surface area contributed by atoms with E-state index in [0.29, 0.717) is 22.1 Å². The van der Waals surface area contributed by atoms with Gasteiger partial charge in [0.05, 0.1) is 22.3 Å². The van der Waals surface area contributed by atoms with Crippen molar-refractivity contribution in [1.82, 2.24) is 9.62 Å². The average molecular weight is 681 g/mol. The topological polar surface area (TPSA) is 139 Å². The fourth-order valence-corrected chi connectivity index (χ4v) is 6.42. The molecule has 6 rings (SSSR count). The van der Waals surface area contributed by atoms with Crippen molar-refractivity contribution in [2.75, 3.05) is 7.05 Å². The summed E-state index contributed by atoms with van der Waals surface area (Å²) in [6.07, 6.45) is 1.74. The van der Waals surface area contributed by atoms with Gasteiger partial charge in [-0.2, -0.15) is 4.31 Å². The molecule has 10 nitrogen and oxygen atoms in total. The second kappa shape index (κ2) is 12.5. The summed E-state index contributed by atoms with van der Waals surface area (Å²) in [5, 5.41) is 13.2. The van der Waals surface area contributed by atoms with Crippen molar-refractivity contribution in [3.05, 3.63) is 88.0 Å². The van der Waals surface area contributed by atoms with E-state index < -0.39 is 59.6 Å².